The zero-order chi connectivity index (χ0) is 9.14. The summed E-state index contributed by atoms with van der Waals surface area (Å²) in [4.78, 5) is 10.5. The fraction of sp³-hybridized carbons (Fsp3) is 0. The van der Waals surface area contributed by atoms with Crippen LogP contribution >= 0.6 is 22.6 Å². The van der Waals surface area contributed by atoms with E-state index in [1.807, 2.05) is 28.1 Å². The van der Waals surface area contributed by atoms with Crippen molar-refractivity contribution in [3.63, 3.8) is 0 Å². The van der Waals surface area contributed by atoms with Crippen LogP contribution in [0.25, 0.3) is 0 Å². The fourth-order valence-electron chi connectivity index (χ4n) is 0.778. The lowest BCUT2D eigenvalue weighted by Crippen LogP contribution is -1.99. The van der Waals surface area contributed by atoms with Crippen molar-refractivity contribution in [1.29, 1.82) is 0 Å². The maximum absolute atomic E-state index is 10.5. The van der Waals surface area contributed by atoms with Crippen LogP contribution < -0.4 is 5.48 Å². The third kappa shape index (κ3) is 2.08. The number of halogens is 1. The summed E-state index contributed by atoms with van der Waals surface area (Å²) >= 11 is 1.97. The van der Waals surface area contributed by atoms with Gasteiger partial charge in [0.05, 0.1) is 11.3 Å². The average molecular weight is 279 g/mol. The Morgan fingerprint density at radius 3 is 2.58 bits per heavy atom. The van der Waals surface area contributed by atoms with E-state index in [9.17, 15) is 4.79 Å². The van der Waals surface area contributed by atoms with E-state index in [-0.39, 0.29) is 5.56 Å². The molecule has 0 saturated carbocycles. The van der Waals surface area contributed by atoms with Crippen LogP contribution in [0, 0.1) is 3.57 Å². The quantitative estimate of drug-likeness (QED) is 0.570. The van der Waals surface area contributed by atoms with Gasteiger partial charge in [-0.1, -0.05) is 0 Å². The molecule has 0 unspecified atom stereocenters. The monoisotopic (exact) mass is 279 g/mol. The van der Waals surface area contributed by atoms with Crippen LogP contribution in [0.1, 0.15) is 10.4 Å². The van der Waals surface area contributed by atoms with Crippen LogP contribution in [-0.4, -0.2) is 16.3 Å². The van der Waals surface area contributed by atoms with Crippen LogP contribution in [0.3, 0.4) is 0 Å². The predicted molar refractivity (Wildman–Crippen MR) is 51.5 cm³/mol. The van der Waals surface area contributed by atoms with E-state index in [4.69, 9.17) is 10.3 Å². The second kappa shape index (κ2) is 3.72. The van der Waals surface area contributed by atoms with Crippen LogP contribution in [0.2, 0.25) is 0 Å². The summed E-state index contributed by atoms with van der Waals surface area (Å²) in [6.45, 7) is 0. The van der Waals surface area contributed by atoms with Crippen LogP contribution in [-0.2, 0) is 0 Å². The number of carboxylic acid groups (broad SMARTS) is 1. The first-order valence-electron chi connectivity index (χ1n) is 3.07. The van der Waals surface area contributed by atoms with Gasteiger partial charge in [-0.15, -0.1) is 0 Å². The first kappa shape index (κ1) is 9.27. The zero-order valence-electron chi connectivity index (χ0n) is 5.91. The Labute approximate surface area is 82.3 Å². The average Bonchev–Trinajstić information content (AvgIpc) is 2.03. The molecular weight excluding hydrogens is 273 g/mol. The van der Waals surface area contributed by atoms with Crippen LogP contribution in [0.5, 0.6) is 0 Å². The molecule has 12 heavy (non-hydrogen) atoms. The number of aromatic carboxylic acids is 1. The first-order chi connectivity index (χ1) is 5.63. The highest BCUT2D eigenvalue weighted by molar-refractivity contribution is 14.1. The van der Waals surface area contributed by atoms with Crippen molar-refractivity contribution >= 4 is 34.2 Å². The van der Waals surface area contributed by atoms with E-state index < -0.39 is 5.97 Å². The van der Waals surface area contributed by atoms with Crippen LogP contribution in [0.15, 0.2) is 18.2 Å². The lowest BCUT2D eigenvalue weighted by atomic mass is 10.2. The molecule has 1 rings (SSSR count). The van der Waals surface area contributed by atoms with Gasteiger partial charge in [0.1, 0.15) is 0 Å². The van der Waals surface area contributed by atoms with Gasteiger partial charge >= 0.3 is 5.97 Å². The van der Waals surface area contributed by atoms with Gasteiger partial charge in [-0.05, 0) is 40.8 Å². The van der Waals surface area contributed by atoms with E-state index in [1.165, 1.54) is 12.1 Å². The molecule has 0 aliphatic carbocycles. The molecule has 3 N–H and O–H groups in total. The molecule has 0 saturated heterocycles. The third-order valence-corrected chi connectivity index (χ3v) is 1.90. The predicted octanol–water partition coefficient (Wildman–Crippen LogP) is 1.79. The van der Waals surface area contributed by atoms with Gasteiger partial charge < -0.3 is 5.11 Å². The fourth-order valence-corrected chi connectivity index (χ4v) is 1.45. The minimum atomic E-state index is -1.01. The van der Waals surface area contributed by atoms with E-state index in [0.29, 0.717) is 5.69 Å². The van der Waals surface area contributed by atoms with Crippen molar-refractivity contribution in [2.45, 2.75) is 0 Å². The van der Waals surface area contributed by atoms with Crippen LogP contribution in [0.4, 0.5) is 5.69 Å². The maximum atomic E-state index is 10.5. The molecular formula is C7H6INO3. The highest BCUT2D eigenvalue weighted by atomic mass is 127. The highest BCUT2D eigenvalue weighted by Gasteiger charge is 2.04. The number of hydrogen-bond donors (Lipinski definition) is 3. The molecule has 1 aromatic carbocycles. The standard InChI is InChI=1S/C7H6INO3/c8-5-1-4(7(10)11)2-6(3-5)9-12/h1-3,9,12H,(H,10,11). The smallest absolute Gasteiger partial charge is 0.335 e. The topological polar surface area (TPSA) is 69.6 Å². The summed E-state index contributed by atoms with van der Waals surface area (Å²) in [5.74, 6) is -1.01. The molecule has 0 amide bonds. The summed E-state index contributed by atoms with van der Waals surface area (Å²) in [5.41, 5.74) is 2.42. The Bertz CT molecular complexity index is 314. The molecule has 0 aliphatic rings. The summed E-state index contributed by atoms with van der Waals surface area (Å²) in [6.07, 6.45) is 0. The maximum Gasteiger partial charge on any atom is 0.335 e. The van der Waals surface area contributed by atoms with Gasteiger partial charge in [-0.25, -0.2) is 4.79 Å². The highest BCUT2D eigenvalue weighted by Crippen LogP contribution is 2.15. The summed E-state index contributed by atoms with van der Waals surface area (Å²) in [6, 6.07) is 4.50. The Kier molecular flexibility index (Phi) is 2.88. The molecule has 0 spiro atoms. The van der Waals surface area contributed by atoms with Crippen molar-refractivity contribution in [1.82, 2.24) is 0 Å². The van der Waals surface area contributed by atoms with Gasteiger partial charge in [0.2, 0.25) is 0 Å². The SMILES string of the molecule is O=C(O)c1cc(I)cc(NO)c1. The lowest BCUT2D eigenvalue weighted by molar-refractivity contribution is 0.0697. The van der Waals surface area contributed by atoms with E-state index in [2.05, 4.69) is 0 Å². The number of nitrogens with one attached hydrogen (secondary N) is 1. The number of rotatable bonds is 2. The Morgan fingerprint density at radius 1 is 1.42 bits per heavy atom. The molecule has 0 fully saturated rings. The largest absolute Gasteiger partial charge is 0.478 e. The molecule has 0 radical (unpaired) electrons. The van der Waals surface area contributed by atoms with Gasteiger partial charge in [0, 0.05) is 3.57 Å². The molecule has 0 heterocycles. The van der Waals surface area contributed by atoms with Crippen molar-refractivity contribution < 1.29 is 15.1 Å². The molecule has 0 bridgehead atoms. The van der Waals surface area contributed by atoms with Crippen molar-refractivity contribution in [3.8, 4) is 0 Å². The molecule has 64 valence electrons. The second-order valence-corrected chi connectivity index (χ2v) is 3.39. The number of anilines is 1. The number of hydrogen-bond acceptors (Lipinski definition) is 3. The molecule has 0 aromatic heterocycles. The summed E-state index contributed by atoms with van der Waals surface area (Å²) in [5, 5.41) is 17.1. The van der Waals surface area contributed by atoms with Gasteiger partial charge in [-0.2, -0.15) is 0 Å². The Hall–Kier alpha value is -0.820. The lowest BCUT2D eigenvalue weighted by Gasteiger charge is -2.01. The zero-order valence-corrected chi connectivity index (χ0v) is 8.07. The van der Waals surface area contributed by atoms with E-state index in [0.717, 1.165) is 3.57 Å². The second-order valence-electron chi connectivity index (χ2n) is 2.15. The minimum absolute atomic E-state index is 0.151. The van der Waals surface area contributed by atoms with E-state index in [1.54, 1.807) is 6.07 Å². The molecule has 0 atom stereocenters. The van der Waals surface area contributed by atoms with E-state index >= 15 is 0 Å². The van der Waals surface area contributed by atoms with Gasteiger partial charge in [0.15, 0.2) is 0 Å². The minimum Gasteiger partial charge on any atom is -0.478 e. The number of carboxylic acids is 1. The Morgan fingerprint density at radius 2 is 2.08 bits per heavy atom. The summed E-state index contributed by atoms with van der Waals surface area (Å²) in [7, 11) is 0. The molecule has 1 aromatic rings. The summed E-state index contributed by atoms with van der Waals surface area (Å²) < 4.78 is 0.754. The molecule has 5 heteroatoms. The number of carbonyl (C=O) groups is 1. The molecule has 4 nitrogen and oxygen atoms in total. The van der Waals surface area contributed by atoms with Gasteiger partial charge in [0.25, 0.3) is 0 Å². The van der Waals surface area contributed by atoms with Crippen molar-refractivity contribution in [3.05, 3.63) is 27.3 Å². The Balaban J connectivity index is 3.15. The van der Waals surface area contributed by atoms with Crippen molar-refractivity contribution in [2.75, 3.05) is 5.48 Å². The normalized spacial score (nSPS) is 9.50. The number of benzene rings is 1. The first-order valence-corrected chi connectivity index (χ1v) is 4.15. The molecule has 0 aliphatic heterocycles. The van der Waals surface area contributed by atoms with Gasteiger partial charge in [-0.3, -0.25) is 10.7 Å². The third-order valence-electron chi connectivity index (χ3n) is 1.27. The van der Waals surface area contributed by atoms with Crippen molar-refractivity contribution in [2.24, 2.45) is 0 Å².